The zero-order valence-corrected chi connectivity index (χ0v) is 10.1. The molecule has 1 aromatic heterocycles. The van der Waals surface area contributed by atoms with Crippen LogP contribution in [0.2, 0.25) is 0 Å². The number of pyridine rings is 1. The summed E-state index contributed by atoms with van der Waals surface area (Å²) in [5.74, 6) is 0.783. The summed E-state index contributed by atoms with van der Waals surface area (Å²) in [6.45, 7) is 3.59. The molecule has 0 bridgehead atoms. The summed E-state index contributed by atoms with van der Waals surface area (Å²) in [5, 5.41) is 17.7. The van der Waals surface area contributed by atoms with Crippen LogP contribution in [-0.2, 0) is 0 Å². The van der Waals surface area contributed by atoms with Crippen molar-refractivity contribution < 1.29 is 9.90 Å². The summed E-state index contributed by atoms with van der Waals surface area (Å²) in [6.07, 6.45) is 0.652. The van der Waals surface area contributed by atoms with E-state index in [0.29, 0.717) is 25.2 Å². The van der Waals surface area contributed by atoms with Gasteiger partial charge in [-0.3, -0.25) is 0 Å². The van der Waals surface area contributed by atoms with Crippen molar-refractivity contribution in [3.63, 3.8) is 0 Å². The van der Waals surface area contributed by atoms with Crippen LogP contribution in [0.3, 0.4) is 0 Å². The van der Waals surface area contributed by atoms with Crippen LogP contribution >= 0.6 is 0 Å². The fourth-order valence-electron chi connectivity index (χ4n) is 2.09. The van der Waals surface area contributed by atoms with Crippen molar-refractivity contribution in [3.05, 3.63) is 23.9 Å². The van der Waals surface area contributed by atoms with E-state index in [1.165, 1.54) is 11.1 Å². The molecule has 1 amide bonds. The van der Waals surface area contributed by atoms with Gasteiger partial charge in [0.05, 0.1) is 5.56 Å². The van der Waals surface area contributed by atoms with Crippen molar-refractivity contribution >= 4 is 11.9 Å². The third kappa shape index (κ3) is 2.35. The summed E-state index contributed by atoms with van der Waals surface area (Å²) >= 11 is 0. The Balaban J connectivity index is 2.08. The van der Waals surface area contributed by atoms with Crippen molar-refractivity contribution in [2.24, 2.45) is 0 Å². The zero-order chi connectivity index (χ0) is 13.1. The minimum absolute atomic E-state index is 0.0614. The number of carbonyl (C=O) groups is 1. The number of nitrogens with zero attached hydrogens (tertiary/aromatic N) is 4. The lowest BCUT2D eigenvalue weighted by Crippen LogP contribution is -2.53. The molecule has 1 aromatic rings. The molecule has 1 aliphatic heterocycles. The number of hydrogen-bond donors (Lipinski definition) is 1. The lowest BCUT2D eigenvalue weighted by Gasteiger charge is -2.38. The first kappa shape index (κ1) is 12.2. The minimum atomic E-state index is -0.880. The Labute approximate surface area is 105 Å². The van der Waals surface area contributed by atoms with Crippen molar-refractivity contribution in [2.75, 3.05) is 24.5 Å². The predicted molar refractivity (Wildman–Crippen MR) is 65.4 cm³/mol. The van der Waals surface area contributed by atoms with E-state index in [4.69, 9.17) is 10.4 Å². The maximum atomic E-state index is 10.9. The second-order valence-electron chi connectivity index (χ2n) is 4.29. The number of nitriles is 1. The van der Waals surface area contributed by atoms with Gasteiger partial charge in [0.25, 0.3) is 0 Å². The molecule has 18 heavy (non-hydrogen) atoms. The van der Waals surface area contributed by atoms with Crippen LogP contribution < -0.4 is 4.90 Å². The Bertz CT molecular complexity index is 480. The maximum Gasteiger partial charge on any atom is 0.407 e. The third-order valence-electron chi connectivity index (χ3n) is 3.07. The summed E-state index contributed by atoms with van der Waals surface area (Å²) in [5.41, 5.74) is 0.524. The van der Waals surface area contributed by atoms with Gasteiger partial charge < -0.3 is 14.9 Å². The second-order valence-corrected chi connectivity index (χ2v) is 4.29. The lowest BCUT2D eigenvalue weighted by molar-refractivity contribution is 0.122. The molecule has 0 unspecified atom stereocenters. The van der Waals surface area contributed by atoms with Crippen LogP contribution in [0.5, 0.6) is 0 Å². The molecule has 0 radical (unpaired) electrons. The van der Waals surface area contributed by atoms with Crippen molar-refractivity contribution in [2.45, 2.75) is 13.0 Å². The number of rotatable bonds is 1. The summed E-state index contributed by atoms with van der Waals surface area (Å²) < 4.78 is 0. The largest absolute Gasteiger partial charge is 0.465 e. The molecular formula is C12H14N4O2. The van der Waals surface area contributed by atoms with Gasteiger partial charge in [-0.1, -0.05) is 0 Å². The Morgan fingerprint density at radius 1 is 1.56 bits per heavy atom. The van der Waals surface area contributed by atoms with Crippen LogP contribution in [0.4, 0.5) is 10.6 Å². The molecular weight excluding hydrogens is 232 g/mol. The molecule has 0 saturated carbocycles. The van der Waals surface area contributed by atoms with Gasteiger partial charge in [-0.25, -0.2) is 9.78 Å². The first-order valence-corrected chi connectivity index (χ1v) is 5.72. The maximum absolute atomic E-state index is 10.9. The lowest BCUT2D eigenvalue weighted by atomic mass is 10.2. The Kier molecular flexibility index (Phi) is 3.33. The normalized spacial score (nSPS) is 19.4. The van der Waals surface area contributed by atoms with Gasteiger partial charge in [-0.05, 0) is 19.1 Å². The highest BCUT2D eigenvalue weighted by atomic mass is 16.4. The fraction of sp³-hybridized carbons (Fsp3) is 0.417. The number of hydrogen-bond acceptors (Lipinski definition) is 4. The van der Waals surface area contributed by atoms with E-state index in [1.54, 1.807) is 12.1 Å². The standard InChI is InChI=1S/C12H14N4O2/c1-9-8-15(4-5-16(9)12(17)18)11-3-2-10(6-13)7-14-11/h2-3,7,9H,4-5,8H2,1H3,(H,17,18)/t9-/m1/s1. The van der Waals surface area contributed by atoms with E-state index in [9.17, 15) is 4.79 Å². The molecule has 94 valence electrons. The summed E-state index contributed by atoms with van der Waals surface area (Å²) in [6, 6.07) is 5.47. The molecule has 6 heteroatoms. The molecule has 0 aliphatic carbocycles. The summed E-state index contributed by atoms with van der Waals surface area (Å²) in [7, 11) is 0. The molecule has 1 N–H and O–H groups in total. The van der Waals surface area contributed by atoms with E-state index in [-0.39, 0.29) is 6.04 Å². The van der Waals surface area contributed by atoms with Gasteiger partial charge in [0, 0.05) is 31.9 Å². The second kappa shape index (κ2) is 4.92. The number of anilines is 1. The van der Waals surface area contributed by atoms with Crippen molar-refractivity contribution in [1.29, 1.82) is 5.26 Å². The van der Waals surface area contributed by atoms with Crippen LogP contribution in [0.25, 0.3) is 0 Å². The van der Waals surface area contributed by atoms with Crippen LogP contribution in [-0.4, -0.2) is 46.8 Å². The molecule has 1 saturated heterocycles. The Morgan fingerprint density at radius 2 is 2.33 bits per heavy atom. The number of piperazine rings is 1. The Hall–Kier alpha value is -2.29. The van der Waals surface area contributed by atoms with Crippen LogP contribution in [0.1, 0.15) is 12.5 Å². The van der Waals surface area contributed by atoms with Crippen molar-refractivity contribution in [1.82, 2.24) is 9.88 Å². The highest BCUT2D eigenvalue weighted by Gasteiger charge is 2.27. The van der Waals surface area contributed by atoms with Crippen LogP contribution in [0.15, 0.2) is 18.3 Å². The molecule has 6 nitrogen and oxygen atoms in total. The number of amides is 1. The third-order valence-corrected chi connectivity index (χ3v) is 3.07. The molecule has 0 spiro atoms. The molecule has 1 aliphatic rings. The topological polar surface area (TPSA) is 80.5 Å². The first-order chi connectivity index (χ1) is 8.61. The Morgan fingerprint density at radius 3 is 2.83 bits per heavy atom. The SMILES string of the molecule is C[C@@H]1CN(c2ccc(C#N)cn2)CCN1C(=O)O. The number of carboxylic acid groups (broad SMARTS) is 1. The van der Waals surface area contributed by atoms with Gasteiger partial charge >= 0.3 is 6.09 Å². The van der Waals surface area contributed by atoms with Gasteiger partial charge in [-0.2, -0.15) is 5.26 Å². The van der Waals surface area contributed by atoms with E-state index in [1.807, 2.05) is 17.9 Å². The van der Waals surface area contributed by atoms with E-state index < -0.39 is 6.09 Å². The van der Waals surface area contributed by atoms with E-state index >= 15 is 0 Å². The zero-order valence-electron chi connectivity index (χ0n) is 10.1. The predicted octanol–water partition coefficient (Wildman–Crippen LogP) is 1.14. The quantitative estimate of drug-likeness (QED) is 0.803. The molecule has 2 rings (SSSR count). The summed E-state index contributed by atoms with van der Waals surface area (Å²) in [4.78, 5) is 18.6. The monoisotopic (exact) mass is 246 g/mol. The van der Waals surface area contributed by atoms with Gasteiger partial charge in [0.15, 0.2) is 0 Å². The van der Waals surface area contributed by atoms with Crippen LogP contribution in [0, 0.1) is 11.3 Å². The minimum Gasteiger partial charge on any atom is -0.465 e. The highest BCUT2D eigenvalue weighted by molar-refractivity contribution is 5.66. The average molecular weight is 246 g/mol. The number of aromatic nitrogens is 1. The average Bonchev–Trinajstić information content (AvgIpc) is 2.38. The molecule has 1 fully saturated rings. The van der Waals surface area contributed by atoms with E-state index in [2.05, 4.69) is 4.98 Å². The van der Waals surface area contributed by atoms with Gasteiger partial charge in [0.2, 0.25) is 0 Å². The highest BCUT2D eigenvalue weighted by Crippen LogP contribution is 2.17. The van der Waals surface area contributed by atoms with Gasteiger partial charge in [0.1, 0.15) is 11.9 Å². The smallest absolute Gasteiger partial charge is 0.407 e. The van der Waals surface area contributed by atoms with Gasteiger partial charge in [-0.15, -0.1) is 0 Å². The first-order valence-electron chi connectivity index (χ1n) is 5.72. The van der Waals surface area contributed by atoms with Crippen molar-refractivity contribution in [3.8, 4) is 6.07 Å². The van der Waals surface area contributed by atoms with E-state index in [0.717, 1.165) is 5.82 Å². The fourth-order valence-corrected chi connectivity index (χ4v) is 2.09. The molecule has 1 atom stereocenters. The molecule has 0 aromatic carbocycles. The molecule has 2 heterocycles.